The molecule has 1 amide bonds. The molecule has 0 spiro atoms. The molecular weight excluding hydrogens is 349 g/mol. The third-order valence-electron chi connectivity index (χ3n) is 5.33. The molecule has 2 aliphatic heterocycles. The maximum atomic E-state index is 13.0. The standard InChI is InChI=1S/C19H24FN5O2/c1-23-10-8-17-21-22-19(25(17)12-11-23)16-3-2-9-24(16)18(26)13-27-15-6-4-14(20)5-7-15/h4-7,16H,2-3,8-13H2,1H3. The van der Waals surface area contributed by atoms with Gasteiger partial charge in [-0.2, -0.15) is 0 Å². The average Bonchev–Trinajstić information content (AvgIpc) is 3.26. The van der Waals surface area contributed by atoms with Crippen molar-refractivity contribution in [3.8, 4) is 5.75 Å². The van der Waals surface area contributed by atoms with Crippen molar-refractivity contribution in [1.82, 2.24) is 24.6 Å². The van der Waals surface area contributed by atoms with Gasteiger partial charge in [0.2, 0.25) is 0 Å². The number of halogens is 1. The van der Waals surface area contributed by atoms with E-state index in [9.17, 15) is 9.18 Å². The highest BCUT2D eigenvalue weighted by atomic mass is 19.1. The summed E-state index contributed by atoms with van der Waals surface area (Å²) in [5, 5.41) is 8.80. The highest BCUT2D eigenvalue weighted by Gasteiger charge is 2.34. The van der Waals surface area contributed by atoms with Crippen molar-refractivity contribution < 1.29 is 13.9 Å². The van der Waals surface area contributed by atoms with Gasteiger partial charge in [0.05, 0.1) is 6.04 Å². The lowest BCUT2D eigenvalue weighted by Gasteiger charge is -2.25. The number of fused-ring (bicyclic) bond motifs is 1. The summed E-state index contributed by atoms with van der Waals surface area (Å²) in [7, 11) is 2.11. The van der Waals surface area contributed by atoms with Gasteiger partial charge in [0, 0.05) is 32.6 Å². The molecule has 0 N–H and O–H groups in total. The molecule has 2 aliphatic rings. The quantitative estimate of drug-likeness (QED) is 0.815. The summed E-state index contributed by atoms with van der Waals surface area (Å²) < 4.78 is 20.7. The van der Waals surface area contributed by atoms with Crippen LogP contribution < -0.4 is 4.74 Å². The Morgan fingerprint density at radius 1 is 1.19 bits per heavy atom. The largest absolute Gasteiger partial charge is 0.484 e. The highest BCUT2D eigenvalue weighted by Crippen LogP contribution is 2.31. The zero-order chi connectivity index (χ0) is 18.8. The molecule has 0 saturated carbocycles. The lowest BCUT2D eigenvalue weighted by molar-refractivity contribution is -0.134. The summed E-state index contributed by atoms with van der Waals surface area (Å²) in [6, 6.07) is 5.64. The number of hydrogen-bond donors (Lipinski definition) is 0. The van der Waals surface area contributed by atoms with Crippen molar-refractivity contribution in [3.05, 3.63) is 41.7 Å². The Hall–Kier alpha value is -2.48. The van der Waals surface area contributed by atoms with Crippen LogP contribution in [0.25, 0.3) is 0 Å². The van der Waals surface area contributed by atoms with Crippen LogP contribution >= 0.6 is 0 Å². The normalized spacial score (nSPS) is 20.4. The highest BCUT2D eigenvalue weighted by molar-refractivity contribution is 5.78. The van der Waals surface area contributed by atoms with Crippen LogP contribution in [0.5, 0.6) is 5.75 Å². The summed E-state index contributed by atoms with van der Waals surface area (Å²) in [6.45, 7) is 3.40. The zero-order valence-electron chi connectivity index (χ0n) is 15.5. The van der Waals surface area contributed by atoms with Crippen LogP contribution in [0, 0.1) is 5.82 Å². The Balaban J connectivity index is 1.45. The van der Waals surface area contributed by atoms with Gasteiger partial charge in [-0.05, 0) is 44.2 Å². The molecule has 3 heterocycles. The van der Waals surface area contributed by atoms with E-state index in [0.29, 0.717) is 12.3 Å². The molecule has 8 heteroatoms. The Labute approximate surface area is 157 Å². The number of carbonyl (C=O) groups is 1. The van der Waals surface area contributed by atoms with Crippen LogP contribution in [0.1, 0.15) is 30.5 Å². The van der Waals surface area contributed by atoms with Gasteiger partial charge in [0.1, 0.15) is 17.4 Å². The number of benzene rings is 1. The van der Waals surface area contributed by atoms with Crippen LogP contribution in [-0.4, -0.2) is 63.8 Å². The molecule has 2 aromatic rings. The zero-order valence-corrected chi connectivity index (χ0v) is 15.5. The Kier molecular flexibility index (Phi) is 5.07. The van der Waals surface area contributed by atoms with E-state index < -0.39 is 0 Å². The van der Waals surface area contributed by atoms with E-state index in [1.54, 1.807) is 0 Å². The number of amides is 1. The van der Waals surface area contributed by atoms with Crippen molar-refractivity contribution >= 4 is 5.91 Å². The molecule has 7 nitrogen and oxygen atoms in total. The molecule has 0 radical (unpaired) electrons. The van der Waals surface area contributed by atoms with Gasteiger partial charge in [-0.3, -0.25) is 4.79 Å². The number of rotatable bonds is 4. The number of likely N-dealkylation sites (tertiary alicyclic amines) is 1. The van der Waals surface area contributed by atoms with Crippen LogP contribution in [0.3, 0.4) is 0 Å². The van der Waals surface area contributed by atoms with Gasteiger partial charge in [0.15, 0.2) is 12.4 Å². The number of nitrogens with zero attached hydrogens (tertiary/aromatic N) is 5. The van der Waals surface area contributed by atoms with E-state index in [1.807, 2.05) is 4.90 Å². The third kappa shape index (κ3) is 3.80. The summed E-state index contributed by atoms with van der Waals surface area (Å²) in [4.78, 5) is 16.9. The van der Waals surface area contributed by atoms with Crippen molar-refractivity contribution in [3.63, 3.8) is 0 Å². The Morgan fingerprint density at radius 2 is 2.00 bits per heavy atom. The van der Waals surface area contributed by atoms with E-state index in [-0.39, 0.29) is 24.4 Å². The SMILES string of the molecule is CN1CCc2nnc(C3CCCN3C(=O)COc3ccc(F)cc3)n2CC1. The Bertz CT molecular complexity index is 807. The Morgan fingerprint density at radius 3 is 2.81 bits per heavy atom. The first-order valence-electron chi connectivity index (χ1n) is 9.40. The van der Waals surface area contributed by atoms with Gasteiger partial charge in [-0.25, -0.2) is 4.39 Å². The van der Waals surface area contributed by atoms with Gasteiger partial charge in [-0.1, -0.05) is 0 Å². The second-order valence-electron chi connectivity index (χ2n) is 7.17. The predicted octanol–water partition coefficient (Wildman–Crippen LogP) is 1.65. The molecule has 1 unspecified atom stereocenters. The predicted molar refractivity (Wildman–Crippen MR) is 96.8 cm³/mol. The molecule has 0 bridgehead atoms. The van der Waals surface area contributed by atoms with Crippen LogP contribution in [0.15, 0.2) is 24.3 Å². The first kappa shape index (κ1) is 17.9. The average molecular weight is 373 g/mol. The number of likely N-dealkylation sites (N-methyl/N-ethyl adjacent to an activating group) is 1. The molecule has 1 fully saturated rings. The van der Waals surface area contributed by atoms with Gasteiger partial charge < -0.3 is 19.1 Å². The number of aromatic nitrogens is 3. The molecule has 1 aromatic carbocycles. The topological polar surface area (TPSA) is 63.5 Å². The summed E-state index contributed by atoms with van der Waals surface area (Å²) in [5.74, 6) is 1.96. The van der Waals surface area contributed by atoms with Crippen molar-refractivity contribution in [1.29, 1.82) is 0 Å². The monoisotopic (exact) mass is 373 g/mol. The minimum atomic E-state index is -0.327. The van der Waals surface area contributed by atoms with E-state index in [4.69, 9.17) is 4.74 Å². The number of carbonyl (C=O) groups excluding carboxylic acids is 1. The van der Waals surface area contributed by atoms with Crippen molar-refractivity contribution in [2.45, 2.75) is 31.8 Å². The molecule has 1 atom stereocenters. The van der Waals surface area contributed by atoms with Gasteiger partial charge in [-0.15, -0.1) is 10.2 Å². The fourth-order valence-electron chi connectivity index (χ4n) is 3.79. The van der Waals surface area contributed by atoms with Crippen molar-refractivity contribution in [2.24, 2.45) is 0 Å². The smallest absolute Gasteiger partial charge is 0.261 e. The molecule has 144 valence electrons. The molecular formula is C19H24FN5O2. The van der Waals surface area contributed by atoms with Gasteiger partial charge >= 0.3 is 0 Å². The maximum absolute atomic E-state index is 13.0. The van der Waals surface area contributed by atoms with Gasteiger partial charge in [0.25, 0.3) is 5.91 Å². The fraction of sp³-hybridized carbons (Fsp3) is 0.526. The summed E-state index contributed by atoms with van der Waals surface area (Å²) >= 11 is 0. The lowest BCUT2D eigenvalue weighted by atomic mass is 10.2. The number of ether oxygens (including phenoxy) is 1. The van der Waals surface area contributed by atoms with Crippen LogP contribution in [0.2, 0.25) is 0 Å². The second-order valence-corrected chi connectivity index (χ2v) is 7.17. The molecule has 27 heavy (non-hydrogen) atoms. The van der Waals surface area contributed by atoms with Crippen LogP contribution in [0.4, 0.5) is 4.39 Å². The third-order valence-corrected chi connectivity index (χ3v) is 5.33. The first-order valence-corrected chi connectivity index (χ1v) is 9.40. The van der Waals surface area contributed by atoms with E-state index in [2.05, 4.69) is 26.7 Å². The second kappa shape index (κ2) is 7.64. The van der Waals surface area contributed by atoms with E-state index in [0.717, 1.165) is 50.5 Å². The summed E-state index contributed by atoms with van der Waals surface area (Å²) in [6.07, 6.45) is 2.70. The van der Waals surface area contributed by atoms with Crippen LogP contribution in [-0.2, 0) is 17.8 Å². The molecule has 1 saturated heterocycles. The molecule has 0 aliphatic carbocycles. The fourth-order valence-corrected chi connectivity index (χ4v) is 3.79. The lowest BCUT2D eigenvalue weighted by Crippen LogP contribution is -2.35. The van der Waals surface area contributed by atoms with E-state index in [1.165, 1.54) is 24.3 Å². The number of hydrogen-bond acceptors (Lipinski definition) is 5. The molecule has 1 aromatic heterocycles. The maximum Gasteiger partial charge on any atom is 0.261 e. The minimum Gasteiger partial charge on any atom is -0.484 e. The van der Waals surface area contributed by atoms with E-state index >= 15 is 0 Å². The van der Waals surface area contributed by atoms with Crippen molar-refractivity contribution in [2.75, 3.05) is 33.3 Å². The minimum absolute atomic E-state index is 0.0565. The molecule has 4 rings (SSSR count). The summed E-state index contributed by atoms with van der Waals surface area (Å²) in [5.41, 5.74) is 0. The first-order chi connectivity index (χ1) is 13.1.